The predicted octanol–water partition coefficient (Wildman–Crippen LogP) is 5.55. The summed E-state index contributed by atoms with van der Waals surface area (Å²) in [6, 6.07) is 6.08. The lowest BCUT2D eigenvalue weighted by atomic mass is 9.89. The van der Waals surface area contributed by atoms with E-state index in [2.05, 4.69) is 10.3 Å². The maximum absolute atomic E-state index is 15.2. The van der Waals surface area contributed by atoms with Crippen molar-refractivity contribution >= 4 is 23.3 Å². The van der Waals surface area contributed by atoms with Crippen molar-refractivity contribution in [1.29, 1.82) is 0 Å². The molecule has 0 spiro atoms. The second kappa shape index (κ2) is 7.58. The Bertz CT molecular complexity index is 880. The van der Waals surface area contributed by atoms with Crippen LogP contribution in [-0.4, -0.2) is 29.0 Å². The van der Waals surface area contributed by atoms with Gasteiger partial charge in [-0.1, -0.05) is 11.6 Å². The van der Waals surface area contributed by atoms with Crippen LogP contribution in [0.15, 0.2) is 36.5 Å². The van der Waals surface area contributed by atoms with Crippen LogP contribution in [0.4, 0.5) is 28.0 Å². The standard InChI is InChI=1S/C19H18ClF4N3O/c1-12-11-13(4-5-14(12)19(22,23)24)26-17(28)27-9-6-18(21,7-10-27)16-15(20)3-2-8-25-16/h2-5,8,11H,6-7,9-10H2,1H3,(H,26,28). The van der Waals surface area contributed by atoms with Crippen molar-refractivity contribution in [3.63, 3.8) is 0 Å². The first-order valence-corrected chi connectivity index (χ1v) is 9.02. The summed E-state index contributed by atoms with van der Waals surface area (Å²) in [5.74, 6) is 0. The number of hydrogen-bond donors (Lipinski definition) is 1. The van der Waals surface area contributed by atoms with Crippen molar-refractivity contribution < 1.29 is 22.4 Å². The molecule has 1 aliphatic heterocycles. The average molecular weight is 416 g/mol. The largest absolute Gasteiger partial charge is 0.416 e. The lowest BCUT2D eigenvalue weighted by Gasteiger charge is -2.36. The van der Waals surface area contributed by atoms with Crippen LogP contribution in [0.1, 0.15) is 29.7 Å². The van der Waals surface area contributed by atoms with Crippen LogP contribution in [0.5, 0.6) is 0 Å². The van der Waals surface area contributed by atoms with E-state index in [1.165, 1.54) is 30.2 Å². The predicted molar refractivity (Wildman–Crippen MR) is 98.0 cm³/mol. The number of urea groups is 1. The Balaban J connectivity index is 1.65. The summed E-state index contributed by atoms with van der Waals surface area (Å²) in [5, 5.41) is 2.80. The highest BCUT2D eigenvalue weighted by atomic mass is 35.5. The molecule has 2 heterocycles. The van der Waals surface area contributed by atoms with Gasteiger partial charge in [-0.15, -0.1) is 0 Å². The van der Waals surface area contributed by atoms with Crippen molar-refractivity contribution in [3.8, 4) is 0 Å². The van der Waals surface area contributed by atoms with E-state index in [0.717, 1.165) is 6.07 Å². The number of carbonyl (C=O) groups is 1. The molecule has 4 nitrogen and oxygen atoms in total. The average Bonchev–Trinajstić information content (AvgIpc) is 2.61. The molecule has 150 valence electrons. The number of likely N-dealkylation sites (tertiary alicyclic amines) is 1. The number of aryl methyl sites for hydroxylation is 1. The van der Waals surface area contributed by atoms with E-state index >= 15 is 4.39 Å². The molecular weight excluding hydrogens is 398 g/mol. The lowest BCUT2D eigenvalue weighted by Crippen LogP contribution is -2.45. The number of alkyl halides is 4. The number of benzene rings is 1. The zero-order valence-corrected chi connectivity index (χ0v) is 15.7. The quantitative estimate of drug-likeness (QED) is 0.653. The van der Waals surface area contributed by atoms with Crippen molar-refractivity contribution in [1.82, 2.24) is 9.88 Å². The maximum atomic E-state index is 15.2. The number of amides is 2. The molecule has 1 aromatic carbocycles. The monoisotopic (exact) mass is 415 g/mol. The molecule has 1 aliphatic rings. The molecule has 9 heteroatoms. The van der Waals surface area contributed by atoms with E-state index < -0.39 is 23.4 Å². The molecule has 0 aliphatic carbocycles. The number of carbonyl (C=O) groups excluding carboxylic acids is 1. The summed E-state index contributed by atoms with van der Waals surface area (Å²) in [6.07, 6.45) is -2.92. The van der Waals surface area contributed by atoms with Crippen LogP contribution in [0.3, 0.4) is 0 Å². The summed E-state index contributed by atoms with van der Waals surface area (Å²) in [4.78, 5) is 17.9. The minimum Gasteiger partial charge on any atom is -0.324 e. The third-order valence-electron chi connectivity index (χ3n) is 4.81. The first-order chi connectivity index (χ1) is 13.1. The van der Waals surface area contributed by atoms with E-state index in [-0.39, 0.29) is 47.9 Å². The highest BCUT2D eigenvalue weighted by Gasteiger charge is 2.40. The second-order valence-electron chi connectivity index (χ2n) is 6.74. The van der Waals surface area contributed by atoms with E-state index in [1.54, 1.807) is 12.1 Å². The minimum atomic E-state index is -4.45. The smallest absolute Gasteiger partial charge is 0.324 e. The Morgan fingerprint density at radius 2 is 1.93 bits per heavy atom. The first-order valence-electron chi connectivity index (χ1n) is 8.64. The number of aromatic nitrogens is 1. The molecule has 1 saturated heterocycles. The Kier molecular flexibility index (Phi) is 5.52. The molecule has 1 aromatic heterocycles. The number of hydrogen-bond acceptors (Lipinski definition) is 2. The van der Waals surface area contributed by atoms with Crippen molar-refractivity contribution in [2.45, 2.75) is 31.6 Å². The van der Waals surface area contributed by atoms with Gasteiger partial charge in [0.2, 0.25) is 0 Å². The number of piperidine rings is 1. The number of nitrogens with zero attached hydrogens (tertiary/aromatic N) is 2. The Labute approximate surface area is 164 Å². The zero-order valence-electron chi connectivity index (χ0n) is 15.0. The van der Waals surface area contributed by atoms with Gasteiger partial charge in [0.25, 0.3) is 0 Å². The van der Waals surface area contributed by atoms with Gasteiger partial charge in [0.15, 0.2) is 5.67 Å². The van der Waals surface area contributed by atoms with Crippen LogP contribution in [0, 0.1) is 6.92 Å². The zero-order chi connectivity index (χ0) is 20.5. The molecule has 0 atom stereocenters. The highest BCUT2D eigenvalue weighted by Crippen LogP contribution is 2.39. The molecule has 0 bridgehead atoms. The molecule has 0 radical (unpaired) electrons. The Hall–Kier alpha value is -2.35. The van der Waals surface area contributed by atoms with E-state index in [4.69, 9.17) is 11.6 Å². The van der Waals surface area contributed by atoms with Gasteiger partial charge in [-0.2, -0.15) is 13.2 Å². The Morgan fingerprint density at radius 3 is 2.50 bits per heavy atom. The second-order valence-corrected chi connectivity index (χ2v) is 7.15. The number of halogens is 5. The lowest BCUT2D eigenvalue weighted by molar-refractivity contribution is -0.138. The van der Waals surface area contributed by atoms with Crippen molar-refractivity contribution in [2.24, 2.45) is 0 Å². The number of anilines is 1. The van der Waals surface area contributed by atoms with Crippen LogP contribution in [0.25, 0.3) is 0 Å². The topological polar surface area (TPSA) is 45.2 Å². The summed E-state index contributed by atoms with van der Waals surface area (Å²) < 4.78 is 53.7. The van der Waals surface area contributed by atoms with Gasteiger partial charge in [0.05, 0.1) is 16.3 Å². The molecule has 2 aromatic rings. The van der Waals surface area contributed by atoms with Crippen LogP contribution < -0.4 is 5.32 Å². The van der Waals surface area contributed by atoms with E-state index in [9.17, 15) is 18.0 Å². The van der Waals surface area contributed by atoms with Crippen molar-refractivity contribution in [2.75, 3.05) is 18.4 Å². The number of rotatable bonds is 2. The number of pyridine rings is 1. The summed E-state index contributed by atoms with van der Waals surface area (Å²) in [6.45, 7) is 1.59. The molecule has 3 rings (SSSR count). The molecular formula is C19H18ClF4N3O. The van der Waals surface area contributed by atoms with Crippen molar-refractivity contribution in [3.05, 3.63) is 58.4 Å². The van der Waals surface area contributed by atoms with Gasteiger partial charge in [-0.3, -0.25) is 4.98 Å². The summed E-state index contributed by atoms with van der Waals surface area (Å²) >= 11 is 6.04. The maximum Gasteiger partial charge on any atom is 0.416 e. The van der Waals surface area contributed by atoms with Gasteiger partial charge in [0, 0.05) is 37.8 Å². The van der Waals surface area contributed by atoms with Gasteiger partial charge in [-0.05, 0) is 42.8 Å². The summed E-state index contributed by atoms with van der Waals surface area (Å²) in [7, 11) is 0. The fourth-order valence-corrected chi connectivity index (χ4v) is 3.57. The molecule has 0 saturated carbocycles. The normalized spacial score (nSPS) is 16.7. The van der Waals surface area contributed by atoms with Crippen LogP contribution >= 0.6 is 11.6 Å². The van der Waals surface area contributed by atoms with Gasteiger partial charge < -0.3 is 10.2 Å². The summed E-state index contributed by atoms with van der Waals surface area (Å²) in [5.41, 5.74) is -2.05. The minimum absolute atomic E-state index is 0.0107. The number of nitrogens with one attached hydrogen (secondary N) is 1. The SMILES string of the molecule is Cc1cc(NC(=O)N2CCC(F)(c3ncccc3Cl)CC2)ccc1C(F)(F)F. The third kappa shape index (κ3) is 4.22. The fraction of sp³-hybridized carbons (Fsp3) is 0.368. The molecule has 2 amide bonds. The fourth-order valence-electron chi connectivity index (χ4n) is 3.28. The molecule has 1 N–H and O–H groups in total. The highest BCUT2D eigenvalue weighted by molar-refractivity contribution is 6.31. The van der Waals surface area contributed by atoms with E-state index in [0.29, 0.717) is 0 Å². The molecule has 28 heavy (non-hydrogen) atoms. The van der Waals surface area contributed by atoms with Crippen LogP contribution in [0.2, 0.25) is 5.02 Å². The van der Waals surface area contributed by atoms with E-state index in [1.807, 2.05) is 0 Å². The first kappa shape index (κ1) is 20.4. The van der Waals surface area contributed by atoms with Gasteiger partial charge >= 0.3 is 12.2 Å². The van der Waals surface area contributed by atoms with Crippen LogP contribution in [-0.2, 0) is 11.8 Å². The molecule has 1 fully saturated rings. The van der Waals surface area contributed by atoms with Gasteiger partial charge in [0.1, 0.15) is 0 Å². The third-order valence-corrected chi connectivity index (χ3v) is 5.11. The molecule has 0 unspecified atom stereocenters. The van der Waals surface area contributed by atoms with Gasteiger partial charge in [-0.25, -0.2) is 9.18 Å². The Morgan fingerprint density at radius 1 is 1.25 bits per heavy atom.